The Bertz CT molecular complexity index is 543. The van der Waals surface area contributed by atoms with Crippen molar-refractivity contribution in [2.24, 2.45) is 0 Å². The average Bonchev–Trinajstić information content (AvgIpc) is 2.26. The summed E-state index contributed by atoms with van der Waals surface area (Å²) >= 11 is 3.30. The van der Waals surface area contributed by atoms with Crippen LogP contribution in [0.3, 0.4) is 0 Å². The van der Waals surface area contributed by atoms with E-state index in [9.17, 15) is 4.39 Å². The first kappa shape index (κ1) is 11.0. The number of nitrogens with zero attached hydrogens (tertiary/aromatic N) is 2. The molecule has 0 fully saturated rings. The standard InChI is InChI=1S/C11H9BrFN3/c1-6-10(15-5-16-11(6)14)8-4-7(12)2-3-9(8)13/h2-5H,1H3,(H2,14,15,16). The summed E-state index contributed by atoms with van der Waals surface area (Å²) in [7, 11) is 0. The molecular weight excluding hydrogens is 273 g/mol. The van der Waals surface area contributed by atoms with Crippen molar-refractivity contribution in [1.82, 2.24) is 9.97 Å². The smallest absolute Gasteiger partial charge is 0.132 e. The van der Waals surface area contributed by atoms with Gasteiger partial charge >= 0.3 is 0 Å². The van der Waals surface area contributed by atoms with Crippen LogP contribution in [0.1, 0.15) is 5.56 Å². The molecule has 5 heteroatoms. The zero-order valence-corrected chi connectivity index (χ0v) is 10.1. The van der Waals surface area contributed by atoms with E-state index < -0.39 is 0 Å². The monoisotopic (exact) mass is 281 g/mol. The summed E-state index contributed by atoms with van der Waals surface area (Å²) in [5.41, 5.74) is 7.28. The Kier molecular flexibility index (Phi) is 2.87. The summed E-state index contributed by atoms with van der Waals surface area (Å²) in [6.07, 6.45) is 1.33. The van der Waals surface area contributed by atoms with E-state index in [0.717, 1.165) is 4.47 Å². The van der Waals surface area contributed by atoms with Gasteiger partial charge in [0.05, 0.1) is 5.69 Å². The van der Waals surface area contributed by atoms with Crippen LogP contribution in [0, 0.1) is 12.7 Å². The molecule has 0 aliphatic rings. The molecule has 2 N–H and O–H groups in total. The predicted octanol–water partition coefficient (Wildman–Crippen LogP) is 2.94. The first-order valence-electron chi connectivity index (χ1n) is 4.62. The van der Waals surface area contributed by atoms with E-state index in [2.05, 4.69) is 25.9 Å². The maximum atomic E-state index is 13.6. The Morgan fingerprint density at radius 3 is 2.81 bits per heavy atom. The van der Waals surface area contributed by atoms with Gasteiger partial charge in [-0.25, -0.2) is 14.4 Å². The summed E-state index contributed by atoms with van der Waals surface area (Å²) in [6.45, 7) is 1.77. The highest BCUT2D eigenvalue weighted by Gasteiger charge is 2.11. The third kappa shape index (κ3) is 1.90. The molecule has 0 spiro atoms. The molecular formula is C11H9BrFN3. The lowest BCUT2D eigenvalue weighted by Gasteiger charge is -2.07. The first-order chi connectivity index (χ1) is 7.59. The van der Waals surface area contributed by atoms with Crippen LogP contribution in [-0.4, -0.2) is 9.97 Å². The Hall–Kier alpha value is -1.49. The number of nitrogen functional groups attached to an aromatic ring is 1. The minimum absolute atomic E-state index is 0.329. The fourth-order valence-corrected chi connectivity index (χ4v) is 1.78. The van der Waals surface area contributed by atoms with E-state index in [1.807, 2.05) is 0 Å². The zero-order chi connectivity index (χ0) is 11.7. The van der Waals surface area contributed by atoms with Crippen molar-refractivity contribution in [3.05, 3.63) is 40.4 Å². The molecule has 2 rings (SSSR count). The molecule has 0 atom stereocenters. The van der Waals surface area contributed by atoms with Crippen molar-refractivity contribution in [1.29, 1.82) is 0 Å². The molecule has 2 aromatic rings. The lowest BCUT2D eigenvalue weighted by atomic mass is 10.1. The van der Waals surface area contributed by atoms with Crippen LogP contribution < -0.4 is 5.73 Å². The number of nitrogens with two attached hydrogens (primary N) is 1. The van der Waals surface area contributed by atoms with E-state index in [1.165, 1.54) is 12.4 Å². The van der Waals surface area contributed by atoms with E-state index in [-0.39, 0.29) is 5.82 Å². The van der Waals surface area contributed by atoms with Crippen LogP contribution in [0.4, 0.5) is 10.2 Å². The van der Waals surface area contributed by atoms with Crippen molar-refractivity contribution in [3.63, 3.8) is 0 Å². The van der Waals surface area contributed by atoms with E-state index in [0.29, 0.717) is 22.6 Å². The molecule has 0 unspecified atom stereocenters. The lowest BCUT2D eigenvalue weighted by Crippen LogP contribution is -1.99. The molecule has 0 saturated carbocycles. The van der Waals surface area contributed by atoms with Crippen molar-refractivity contribution in [2.45, 2.75) is 6.92 Å². The van der Waals surface area contributed by atoms with Gasteiger partial charge in [0.25, 0.3) is 0 Å². The van der Waals surface area contributed by atoms with Crippen LogP contribution in [0.15, 0.2) is 29.0 Å². The summed E-state index contributed by atoms with van der Waals surface area (Å²) < 4.78 is 14.4. The van der Waals surface area contributed by atoms with Gasteiger partial charge in [-0.2, -0.15) is 0 Å². The van der Waals surface area contributed by atoms with Crippen molar-refractivity contribution in [2.75, 3.05) is 5.73 Å². The van der Waals surface area contributed by atoms with Crippen LogP contribution in [0.25, 0.3) is 11.3 Å². The highest BCUT2D eigenvalue weighted by Crippen LogP contribution is 2.28. The second kappa shape index (κ2) is 4.17. The summed E-state index contributed by atoms with van der Waals surface area (Å²) in [4.78, 5) is 7.91. The normalized spacial score (nSPS) is 10.4. The second-order valence-electron chi connectivity index (χ2n) is 3.36. The molecule has 0 amide bonds. The minimum atomic E-state index is -0.329. The Morgan fingerprint density at radius 2 is 2.06 bits per heavy atom. The fourth-order valence-electron chi connectivity index (χ4n) is 1.41. The van der Waals surface area contributed by atoms with Crippen LogP contribution in [0.5, 0.6) is 0 Å². The SMILES string of the molecule is Cc1c(N)ncnc1-c1cc(Br)ccc1F. The zero-order valence-electron chi connectivity index (χ0n) is 8.54. The molecule has 0 bridgehead atoms. The minimum Gasteiger partial charge on any atom is -0.383 e. The van der Waals surface area contributed by atoms with Gasteiger partial charge < -0.3 is 5.73 Å². The maximum Gasteiger partial charge on any atom is 0.132 e. The topological polar surface area (TPSA) is 51.8 Å². The van der Waals surface area contributed by atoms with Gasteiger partial charge in [0, 0.05) is 15.6 Å². The molecule has 0 aliphatic heterocycles. The molecule has 0 saturated heterocycles. The van der Waals surface area contributed by atoms with Crippen LogP contribution in [-0.2, 0) is 0 Å². The van der Waals surface area contributed by atoms with Gasteiger partial charge in [-0.05, 0) is 25.1 Å². The number of halogens is 2. The Labute approximate surface area is 101 Å². The highest BCUT2D eigenvalue weighted by molar-refractivity contribution is 9.10. The molecule has 1 heterocycles. The molecule has 3 nitrogen and oxygen atoms in total. The third-order valence-electron chi connectivity index (χ3n) is 2.31. The van der Waals surface area contributed by atoms with Gasteiger partial charge in [-0.1, -0.05) is 15.9 Å². The third-order valence-corrected chi connectivity index (χ3v) is 2.80. The average molecular weight is 282 g/mol. The highest BCUT2D eigenvalue weighted by atomic mass is 79.9. The van der Waals surface area contributed by atoms with E-state index in [4.69, 9.17) is 5.73 Å². The largest absolute Gasteiger partial charge is 0.383 e. The van der Waals surface area contributed by atoms with E-state index >= 15 is 0 Å². The number of rotatable bonds is 1. The Morgan fingerprint density at radius 1 is 1.31 bits per heavy atom. The number of hydrogen-bond acceptors (Lipinski definition) is 3. The van der Waals surface area contributed by atoms with Crippen LogP contribution >= 0.6 is 15.9 Å². The number of hydrogen-bond donors (Lipinski definition) is 1. The molecule has 16 heavy (non-hydrogen) atoms. The van der Waals surface area contributed by atoms with Gasteiger partial charge in [-0.15, -0.1) is 0 Å². The summed E-state index contributed by atoms with van der Waals surface area (Å²) in [6, 6.07) is 4.69. The van der Waals surface area contributed by atoms with E-state index in [1.54, 1.807) is 19.1 Å². The maximum absolute atomic E-state index is 13.6. The first-order valence-corrected chi connectivity index (χ1v) is 5.41. The summed E-state index contributed by atoms with van der Waals surface area (Å²) in [5.74, 6) is 0.0359. The van der Waals surface area contributed by atoms with Crippen molar-refractivity contribution in [3.8, 4) is 11.3 Å². The van der Waals surface area contributed by atoms with Crippen molar-refractivity contribution < 1.29 is 4.39 Å². The quantitative estimate of drug-likeness (QED) is 0.874. The second-order valence-corrected chi connectivity index (χ2v) is 4.27. The van der Waals surface area contributed by atoms with Gasteiger partial charge in [0.1, 0.15) is 18.0 Å². The fraction of sp³-hybridized carbons (Fsp3) is 0.0909. The molecule has 1 aromatic heterocycles. The summed E-state index contributed by atoms with van der Waals surface area (Å²) in [5, 5.41) is 0. The molecule has 0 aliphatic carbocycles. The van der Waals surface area contributed by atoms with Gasteiger partial charge in [-0.3, -0.25) is 0 Å². The van der Waals surface area contributed by atoms with Crippen molar-refractivity contribution >= 4 is 21.7 Å². The Balaban J connectivity index is 2.67. The molecule has 1 aromatic carbocycles. The predicted molar refractivity (Wildman–Crippen MR) is 64.3 cm³/mol. The van der Waals surface area contributed by atoms with Crippen LogP contribution in [0.2, 0.25) is 0 Å². The number of benzene rings is 1. The van der Waals surface area contributed by atoms with Gasteiger partial charge in [0.2, 0.25) is 0 Å². The molecule has 82 valence electrons. The van der Waals surface area contributed by atoms with Gasteiger partial charge in [0.15, 0.2) is 0 Å². The number of aromatic nitrogens is 2. The molecule has 0 radical (unpaired) electrons. The number of anilines is 1. The lowest BCUT2D eigenvalue weighted by molar-refractivity contribution is 0.630.